The fourth-order valence-electron chi connectivity index (χ4n) is 4.49. The number of fused-ring (bicyclic) bond motifs is 3. The van der Waals surface area contributed by atoms with Gasteiger partial charge in [0, 0.05) is 5.92 Å². The number of ether oxygens (including phenoxy) is 1. The molecule has 3 atom stereocenters. The van der Waals surface area contributed by atoms with Crippen molar-refractivity contribution in [1.82, 2.24) is 10.6 Å². The first-order valence-corrected chi connectivity index (χ1v) is 12.4. The second-order valence-corrected chi connectivity index (χ2v) is 9.70. The topological polar surface area (TPSA) is 105 Å². The zero-order valence-corrected chi connectivity index (χ0v) is 20.9. The zero-order valence-electron chi connectivity index (χ0n) is 20.9. The molecule has 2 aromatic rings. The number of nitrogens with one attached hydrogen (secondary N) is 2. The number of hydrogen-bond acceptors (Lipinski definition) is 4. The van der Waals surface area contributed by atoms with E-state index in [0.29, 0.717) is 25.2 Å². The Morgan fingerprint density at radius 2 is 1.49 bits per heavy atom. The normalized spacial score (nSPS) is 15.0. The van der Waals surface area contributed by atoms with Crippen LogP contribution in [0.15, 0.2) is 48.5 Å². The van der Waals surface area contributed by atoms with Gasteiger partial charge in [-0.15, -0.1) is 0 Å². The predicted octanol–water partition coefficient (Wildman–Crippen LogP) is 4.95. The molecule has 3 unspecified atom stereocenters. The van der Waals surface area contributed by atoms with Crippen LogP contribution in [-0.2, 0) is 14.3 Å². The largest absolute Gasteiger partial charge is 0.480 e. The van der Waals surface area contributed by atoms with E-state index in [4.69, 9.17) is 4.74 Å². The van der Waals surface area contributed by atoms with E-state index in [2.05, 4.69) is 22.8 Å². The molecule has 3 N–H and O–H groups in total. The number of carboxylic acid groups (broad SMARTS) is 1. The molecule has 0 heterocycles. The SMILES string of the molecule is CCC(C)C(NC(=O)C(CCC(C)C)NC(=O)OCC1c2ccccc2-c2ccccc21)C(=O)O. The molecule has 0 aromatic heterocycles. The fourth-order valence-corrected chi connectivity index (χ4v) is 4.49. The molecular weight excluding hydrogens is 444 g/mol. The van der Waals surface area contributed by atoms with Crippen LogP contribution in [0.3, 0.4) is 0 Å². The summed E-state index contributed by atoms with van der Waals surface area (Å²) in [6, 6.07) is 14.3. The van der Waals surface area contributed by atoms with Crippen LogP contribution in [-0.4, -0.2) is 41.8 Å². The highest BCUT2D eigenvalue weighted by Gasteiger charge is 2.31. The van der Waals surface area contributed by atoms with Crippen LogP contribution in [0.1, 0.15) is 64.0 Å². The second kappa shape index (κ2) is 11.9. The molecule has 1 aliphatic carbocycles. The van der Waals surface area contributed by atoms with Crippen molar-refractivity contribution < 1.29 is 24.2 Å². The van der Waals surface area contributed by atoms with E-state index in [-0.39, 0.29) is 18.4 Å². The molecule has 1 aliphatic rings. The summed E-state index contributed by atoms with van der Waals surface area (Å²) < 4.78 is 5.60. The first-order valence-electron chi connectivity index (χ1n) is 12.4. The summed E-state index contributed by atoms with van der Waals surface area (Å²) in [6.45, 7) is 7.85. The van der Waals surface area contributed by atoms with Crippen molar-refractivity contribution in [3.8, 4) is 11.1 Å². The second-order valence-electron chi connectivity index (χ2n) is 9.70. The van der Waals surface area contributed by atoms with Crippen molar-refractivity contribution in [2.24, 2.45) is 11.8 Å². The molecule has 0 spiro atoms. The highest BCUT2D eigenvalue weighted by atomic mass is 16.5. The molecule has 2 aromatic carbocycles. The standard InChI is InChI=1S/C28H36N2O5/c1-5-18(4)25(27(32)33)30-26(31)24(15-14-17(2)3)29-28(34)35-16-23-21-12-8-6-10-19(21)20-11-7-9-13-22(20)23/h6-13,17-18,23-25H,5,14-16H2,1-4H3,(H,29,34)(H,30,31)(H,32,33). The van der Waals surface area contributed by atoms with Crippen molar-refractivity contribution in [1.29, 1.82) is 0 Å². The van der Waals surface area contributed by atoms with Crippen LogP contribution in [0.25, 0.3) is 11.1 Å². The van der Waals surface area contributed by atoms with Gasteiger partial charge in [-0.3, -0.25) is 4.79 Å². The number of hydrogen-bond donors (Lipinski definition) is 3. The minimum atomic E-state index is -1.09. The summed E-state index contributed by atoms with van der Waals surface area (Å²) in [5.41, 5.74) is 4.48. The maximum absolute atomic E-state index is 13.0. The van der Waals surface area contributed by atoms with Crippen LogP contribution >= 0.6 is 0 Å². The maximum atomic E-state index is 13.0. The van der Waals surface area contributed by atoms with Crippen molar-refractivity contribution in [3.63, 3.8) is 0 Å². The molecule has 188 valence electrons. The molecular formula is C28H36N2O5. The molecule has 0 radical (unpaired) electrons. The van der Waals surface area contributed by atoms with Gasteiger partial charge in [0.05, 0.1) is 0 Å². The molecule has 0 saturated heterocycles. The Morgan fingerprint density at radius 1 is 0.914 bits per heavy atom. The van der Waals surface area contributed by atoms with Gasteiger partial charge in [0.15, 0.2) is 0 Å². The monoisotopic (exact) mass is 480 g/mol. The van der Waals surface area contributed by atoms with E-state index in [9.17, 15) is 19.5 Å². The summed E-state index contributed by atoms with van der Waals surface area (Å²) in [6.07, 6.45) is 1.00. The van der Waals surface area contributed by atoms with Gasteiger partial charge in [0.25, 0.3) is 0 Å². The van der Waals surface area contributed by atoms with Gasteiger partial charge in [-0.2, -0.15) is 0 Å². The summed E-state index contributed by atoms with van der Waals surface area (Å²) >= 11 is 0. The number of benzene rings is 2. The number of carbonyl (C=O) groups is 3. The van der Waals surface area contributed by atoms with Crippen molar-refractivity contribution in [2.45, 2.75) is 65.0 Å². The minimum Gasteiger partial charge on any atom is -0.480 e. The zero-order chi connectivity index (χ0) is 25.5. The van der Waals surface area contributed by atoms with Gasteiger partial charge >= 0.3 is 12.1 Å². The van der Waals surface area contributed by atoms with E-state index in [1.54, 1.807) is 6.92 Å². The third-order valence-corrected chi connectivity index (χ3v) is 6.76. The molecule has 7 heteroatoms. The molecule has 0 saturated carbocycles. The summed E-state index contributed by atoms with van der Waals surface area (Å²) in [5, 5.41) is 14.8. The van der Waals surface area contributed by atoms with Crippen LogP contribution in [0, 0.1) is 11.8 Å². The van der Waals surface area contributed by atoms with Crippen molar-refractivity contribution in [3.05, 3.63) is 59.7 Å². The number of carbonyl (C=O) groups excluding carboxylic acids is 2. The lowest BCUT2D eigenvalue weighted by Crippen LogP contribution is -2.53. The van der Waals surface area contributed by atoms with E-state index < -0.39 is 30.1 Å². The minimum absolute atomic E-state index is 0.0853. The summed E-state index contributed by atoms with van der Waals surface area (Å²) in [4.78, 5) is 37.4. The Bertz CT molecular complexity index is 1010. The average molecular weight is 481 g/mol. The lowest BCUT2D eigenvalue weighted by atomic mass is 9.98. The number of carboxylic acids is 1. The van der Waals surface area contributed by atoms with E-state index in [1.807, 2.05) is 57.2 Å². The van der Waals surface area contributed by atoms with Crippen LogP contribution in [0.5, 0.6) is 0 Å². The van der Waals surface area contributed by atoms with Gasteiger partial charge in [0.1, 0.15) is 18.7 Å². The fraction of sp³-hybridized carbons (Fsp3) is 0.464. The van der Waals surface area contributed by atoms with Crippen LogP contribution < -0.4 is 10.6 Å². The molecule has 2 amide bonds. The Labute approximate surface area is 207 Å². The molecule has 0 bridgehead atoms. The quantitative estimate of drug-likeness (QED) is 0.422. The van der Waals surface area contributed by atoms with Gasteiger partial charge in [0.2, 0.25) is 5.91 Å². The van der Waals surface area contributed by atoms with Gasteiger partial charge in [-0.1, -0.05) is 82.6 Å². The number of rotatable bonds is 11. The van der Waals surface area contributed by atoms with Crippen LogP contribution in [0.2, 0.25) is 0 Å². The molecule has 35 heavy (non-hydrogen) atoms. The molecule has 3 rings (SSSR count). The Balaban J connectivity index is 1.68. The molecule has 0 fully saturated rings. The molecule has 7 nitrogen and oxygen atoms in total. The average Bonchev–Trinajstić information content (AvgIpc) is 3.16. The third kappa shape index (κ3) is 6.41. The number of aliphatic carboxylic acids is 1. The first kappa shape index (κ1) is 26.3. The highest BCUT2D eigenvalue weighted by Crippen LogP contribution is 2.44. The Kier molecular flexibility index (Phi) is 8.90. The summed E-state index contributed by atoms with van der Waals surface area (Å²) in [5.74, 6) is -1.60. The van der Waals surface area contributed by atoms with E-state index >= 15 is 0 Å². The smallest absolute Gasteiger partial charge is 0.407 e. The lowest BCUT2D eigenvalue weighted by molar-refractivity contribution is -0.143. The van der Waals surface area contributed by atoms with Crippen LogP contribution in [0.4, 0.5) is 4.79 Å². The van der Waals surface area contributed by atoms with Crippen molar-refractivity contribution in [2.75, 3.05) is 6.61 Å². The van der Waals surface area contributed by atoms with Gasteiger partial charge in [-0.25, -0.2) is 9.59 Å². The van der Waals surface area contributed by atoms with Gasteiger partial charge in [-0.05, 0) is 46.9 Å². The summed E-state index contributed by atoms with van der Waals surface area (Å²) in [7, 11) is 0. The van der Waals surface area contributed by atoms with Crippen molar-refractivity contribution >= 4 is 18.0 Å². The third-order valence-electron chi connectivity index (χ3n) is 6.76. The van der Waals surface area contributed by atoms with Gasteiger partial charge < -0.3 is 20.5 Å². The van der Waals surface area contributed by atoms with E-state index in [1.165, 1.54) is 0 Å². The highest BCUT2D eigenvalue weighted by molar-refractivity contribution is 5.89. The Hall–Kier alpha value is -3.35. The lowest BCUT2D eigenvalue weighted by Gasteiger charge is -2.25. The van der Waals surface area contributed by atoms with E-state index in [0.717, 1.165) is 22.3 Å². The Morgan fingerprint density at radius 3 is 2.00 bits per heavy atom. The molecule has 0 aliphatic heterocycles. The predicted molar refractivity (Wildman–Crippen MR) is 135 cm³/mol. The first-order chi connectivity index (χ1) is 16.7. The number of amides is 2. The number of alkyl carbamates (subject to hydrolysis) is 1. The maximum Gasteiger partial charge on any atom is 0.407 e.